The first kappa shape index (κ1) is 18.6. The van der Waals surface area contributed by atoms with E-state index in [0.717, 1.165) is 16.7 Å². The van der Waals surface area contributed by atoms with Crippen LogP contribution in [0.25, 0.3) is 10.8 Å². The summed E-state index contributed by atoms with van der Waals surface area (Å²) in [5, 5.41) is 3.18. The maximum absolute atomic E-state index is 12.5. The fourth-order valence-corrected chi connectivity index (χ4v) is 2.98. The highest BCUT2D eigenvalue weighted by Gasteiger charge is 2.14. The van der Waals surface area contributed by atoms with Gasteiger partial charge in [-0.1, -0.05) is 44.2 Å². The number of hydrogen-bond donors (Lipinski definition) is 1. The minimum Gasteiger partial charge on any atom is -0.426 e. The van der Waals surface area contributed by atoms with Crippen LogP contribution >= 0.6 is 0 Å². The summed E-state index contributed by atoms with van der Waals surface area (Å²) in [7, 11) is 0. The van der Waals surface area contributed by atoms with Crippen LogP contribution in [0, 0.1) is 0 Å². The molecule has 1 N–H and O–H groups in total. The normalized spacial score (nSPS) is 12.1. The minimum atomic E-state index is -0.452. The average molecular weight is 366 g/mol. The van der Waals surface area contributed by atoms with E-state index in [1.54, 1.807) is 30.3 Å². The van der Waals surface area contributed by atoms with E-state index in [9.17, 15) is 14.4 Å². The van der Waals surface area contributed by atoms with Gasteiger partial charge in [0, 0.05) is 0 Å². The third-order valence-corrected chi connectivity index (χ3v) is 4.71. The largest absolute Gasteiger partial charge is 0.426 e. The number of esters is 1. The molecule has 140 valence electrons. The van der Waals surface area contributed by atoms with Crippen LogP contribution in [0.4, 0.5) is 0 Å². The molecule has 1 aromatic heterocycles. The van der Waals surface area contributed by atoms with Crippen LogP contribution < -0.4 is 15.9 Å². The van der Waals surface area contributed by atoms with Gasteiger partial charge in [-0.05, 0) is 36.1 Å². The summed E-state index contributed by atoms with van der Waals surface area (Å²) in [6.45, 7) is 4.20. The van der Waals surface area contributed by atoms with E-state index in [4.69, 9.17) is 4.74 Å². The molecule has 1 unspecified atom stereocenters. The van der Waals surface area contributed by atoms with E-state index in [1.165, 1.54) is 0 Å². The zero-order valence-corrected chi connectivity index (χ0v) is 15.4. The Bertz CT molecular complexity index is 1080. The summed E-state index contributed by atoms with van der Waals surface area (Å²) in [5.74, 6) is 0.358. The van der Waals surface area contributed by atoms with Gasteiger partial charge in [0.1, 0.15) is 5.75 Å². The fraction of sp³-hybridized carbons (Fsp3) is 0.286. The van der Waals surface area contributed by atoms with Crippen LogP contribution in [0.1, 0.15) is 38.2 Å². The van der Waals surface area contributed by atoms with Gasteiger partial charge in [0.2, 0.25) is 0 Å². The van der Waals surface area contributed by atoms with Crippen molar-refractivity contribution < 1.29 is 9.53 Å². The number of aryl methyl sites for hydroxylation is 1. The van der Waals surface area contributed by atoms with Crippen LogP contribution in [-0.2, 0) is 11.3 Å². The summed E-state index contributed by atoms with van der Waals surface area (Å²) in [5.41, 5.74) is 0.281. The van der Waals surface area contributed by atoms with Crippen molar-refractivity contribution >= 4 is 16.7 Å². The predicted octanol–water partition coefficient (Wildman–Crippen LogP) is 3.20. The Hall–Kier alpha value is -3.15. The number of aromatic amines is 1. The highest BCUT2D eigenvalue weighted by Crippen LogP contribution is 2.28. The molecule has 0 radical (unpaired) electrons. The van der Waals surface area contributed by atoms with E-state index in [1.807, 2.05) is 18.2 Å². The Morgan fingerprint density at radius 2 is 1.74 bits per heavy atom. The SMILES string of the molecule is CCC(C)c1ccccc1OC(=O)CCn1[nH]c(=O)c2ccccc2c1=O. The predicted molar refractivity (Wildman–Crippen MR) is 104 cm³/mol. The number of nitrogens with one attached hydrogen (secondary N) is 1. The van der Waals surface area contributed by atoms with Crippen molar-refractivity contribution in [3.8, 4) is 5.75 Å². The Balaban J connectivity index is 1.76. The molecule has 1 heterocycles. The lowest BCUT2D eigenvalue weighted by Gasteiger charge is -2.14. The monoisotopic (exact) mass is 366 g/mol. The molecule has 3 rings (SSSR count). The molecular formula is C21H22N2O4. The Kier molecular flexibility index (Phi) is 5.54. The molecule has 1 atom stereocenters. The first-order valence-corrected chi connectivity index (χ1v) is 9.02. The standard InChI is InChI=1S/C21H22N2O4/c1-3-14(2)15-8-6-7-11-18(15)27-19(24)12-13-23-21(26)17-10-5-4-9-16(17)20(25)22-23/h4-11,14H,3,12-13H2,1-2H3,(H,22,25). The highest BCUT2D eigenvalue weighted by atomic mass is 16.5. The molecule has 0 saturated carbocycles. The van der Waals surface area contributed by atoms with Crippen molar-refractivity contribution in [3.05, 3.63) is 74.8 Å². The number of carbonyl (C=O) groups is 1. The number of fused-ring (bicyclic) bond motifs is 1. The lowest BCUT2D eigenvalue weighted by molar-refractivity contribution is -0.134. The number of nitrogens with zero attached hydrogens (tertiary/aromatic N) is 1. The summed E-state index contributed by atoms with van der Waals surface area (Å²) >= 11 is 0. The molecule has 6 nitrogen and oxygen atoms in total. The Morgan fingerprint density at radius 1 is 1.07 bits per heavy atom. The summed E-state index contributed by atoms with van der Waals surface area (Å²) in [6, 6.07) is 14.1. The van der Waals surface area contributed by atoms with E-state index < -0.39 is 5.97 Å². The number of rotatable bonds is 6. The molecule has 0 amide bonds. The van der Waals surface area contributed by atoms with Crippen LogP contribution in [-0.4, -0.2) is 15.7 Å². The quantitative estimate of drug-likeness (QED) is 0.537. The molecule has 0 aliphatic carbocycles. The van der Waals surface area contributed by atoms with E-state index in [-0.39, 0.29) is 30.0 Å². The van der Waals surface area contributed by atoms with Crippen molar-refractivity contribution in [3.63, 3.8) is 0 Å². The van der Waals surface area contributed by atoms with Crippen LogP contribution in [0.5, 0.6) is 5.75 Å². The Labute approximate surface area is 156 Å². The molecule has 6 heteroatoms. The van der Waals surface area contributed by atoms with Crippen LogP contribution in [0.2, 0.25) is 0 Å². The first-order chi connectivity index (χ1) is 13.0. The molecule has 3 aromatic rings. The van der Waals surface area contributed by atoms with Gasteiger partial charge >= 0.3 is 5.97 Å². The number of aromatic nitrogens is 2. The second-order valence-electron chi connectivity index (χ2n) is 6.51. The molecule has 2 aromatic carbocycles. The minimum absolute atomic E-state index is 0.0248. The van der Waals surface area contributed by atoms with Crippen LogP contribution in [0.3, 0.4) is 0 Å². The maximum Gasteiger partial charge on any atom is 0.313 e. The van der Waals surface area contributed by atoms with Crippen molar-refractivity contribution in [2.45, 2.75) is 39.2 Å². The average Bonchev–Trinajstić information content (AvgIpc) is 2.69. The van der Waals surface area contributed by atoms with Gasteiger partial charge in [0.05, 0.1) is 23.7 Å². The smallest absolute Gasteiger partial charge is 0.313 e. The highest BCUT2D eigenvalue weighted by molar-refractivity contribution is 5.80. The number of hydrogen-bond acceptors (Lipinski definition) is 4. The lowest BCUT2D eigenvalue weighted by Crippen LogP contribution is -2.31. The zero-order chi connectivity index (χ0) is 19.4. The molecule has 27 heavy (non-hydrogen) atoms. The first-order valence-electron chi connectivity index (χ1n) is 9.02. The van der Waals surface area contributed by atoms with Crippen molar-refractivity contribution in [2.24, 2.45) is 0 Å². The van der Waals surface area contributed by atoms with E-state index in [0.29, 0.717) is 16.5 Å². The maximum atomic E-state index is 12.5. The van der Waals surface area contributed by atoms with Gasteiger partial charge in [-0.25, -0.2) is 4.68 Å². The molecule has 0 fully saturated rings. The van der Waals surface area contributed by atoms with Gasteiger partial charge in [-0.3, -0.25) is 19.5 Å². The molecule has 0 aliphatic rings. The third-order valence-electron chi connectivity index (χ3n) is 4.71. The molecular weight excluding hydrogens is 344 g/mol. The van der Waals surface area contributed by atoms with Gasteiger partial charge in [-0.2, -0.15) is 0 Å². The second kappa shape index (κ2) is 8.03. The second-order valence-corrected chi connectivity index (χ2v) is 6.51. The molecule has 0 saturated heterocycles. The number of benzene rings is 2. The third kappa shape index (κ3) is 4.00. The van der Waals surface area contributed by atoms with Gasteiger partial charge in [0.25, 0.3) is 11.1 Å². The number of carbonyl (C=O) groups excluding carboxylic acids is 1. The lowest BCUT2D eigenvalue weighted by atomic mass is 9.98. The van der Waals surface area contributed by atoms with Gasteiger partial charge in [-0.15, -0.1) is 0 Å². The zero-order valence-electron chi connectivity index (χ0n) is 15.4. The van der Waals surface area contributed by atoms with Gasteiger partial charge in [0.15, 0.2) is 0 Å². The Morgan fingerprint density at radius 3 is 2.48 bits per heavy atom. The summed E-state index contributed by atoms with van der Waals surface area (Å²) in [6.07, 6.45) is 0.908. The van der Waals surface area contributed by atoms with E-state index in [2.05, 4.69) is 18.9 Å². The summed E-state index contributed by atoms with van der Waals surface area (Å²) in [4.78, 5) is 36.9. The molecule has 0 spiro atoms. The number of ether oxygens (including phenoxy) is 1. The number of H-pyrrole nitrogens is 1. The van der Waals surface area contributed by atoms with E-state index >= 15 is 0 Å². The van der Waals surface area contributed by atoms with Crippen molar-refractivity contribution in [1.29, 1.82) is 0 Å². The summed E-state index contributed by atoms with van der Waals surface area (Å²) < 4.78 is 6.66. The fourth-order valence-electron chi connectivity index (χ4n) is 2.98. The van der Waals surface area contributed by atoms with Crippen molar-refractivity contribution in [2.75, 3.05) is 0 Å². The molecule has 0 aliphatic heterocycles. The van der Waals surface area contributed by atoms with Crippen molar-refractivity contribution in [1.82, 2.24) is 9.78 Å². The molecule has 0 bridgehead atoms. The number of para-hydroxylation sites is 1. The van der Waals surface area contributed by atoms with Crippen LogP contribution in [0.15, 0.2) is 58.1 Å². The topological polar surface area (TPSA) is 81.2 Å². The van der Waals surface area contributed by atoms with Gasteiger partial charge < -0.3 is 4.74 Å².